The van der Waals surface area contributed by atoms with Crippen LogP contribution in [0.5, 0.6) is 0 Å². The van der Waals surface area contributed by atoms with Crippen molar-refractivity contribution in [1.82, 2.24) is 9.88 Å². The number of aromatic nitrogens is 1. The minimum atomic E-state index is -2.92. The van der Waals surface area contributed by atoms with Crippen molar-refractivity contribution >= 4 is 38.0 Å². The predicted octanol–water partition coefficient (Wildman–Crippen LogP) is 4.06. The summed E-state index contributed by atoms with van der Waals surface area (Å²) in [4.78, 5) is 18.8. The molecule has 32 heavy (non-hydrogen) atoms. The minimum absolute atomic E-state index is 0.166. The van der Waals surface area contributed by atoms with Gasteiger partial charge in [-0.15, -0.1) is 11.3 Å². The van der Waals surface area contributed by atoms with E-state index in [-0.39, 0.29) is 29.8 Å². The molecule has 0 unspecified atom stereocenters. The van der Waals surface area contributed by atoms with Crippen LogP contribution in [0, 0.1) is 0 Å². The Balaban J connectivity index is 1.73. The lowest BCUT2D eigenvalue weighted by atomic mass is 9.91. The van der Waals surface area contributed by atoms with Gasteiger partial charge in [-0.05, 0) is 77.7 Å². The third kappa shape index (κ3) is 4.92. The summed E-state index contributed by atoms with van der Waals surface area (Å²) in [7, 11) is -2.92. The van der Waals surface area contributed by atoms with E-state index in [2.05, 4.69) is 47.3 Å². The van der Waals surface area contributed by atoms with Crippen molar-refractivity contribution in [2.24, 2.45) is 5.73 Å². The summed E-state index contributed by atoms with van der Waals surface area (Å²) >= 11 is 1.75. The fraction of sp³-hybridized carbons (Fsp3) is 0.458. The number of thiophene rings is 1. The van der Waals surface area contributed by atoms with Gasteiger partial charge in [0.1, 0.15) is 9.84 Å². The van der Waals surface area contributed by atoms with E-state index in [1.54, 1.807) is 11.3 Å². The molecule has 0 aliphatic carbocycles. The molecule has 1 amide bonds. The maximum absolute atomic E-state index is 11.9. The van der Waals surface area contributed by atoms with Crippen LogP contribution in [0.3, 0.4) is 0 Å². The summed E-state index contributed by atoms with van der Waals surface area (Å²) < 4.78 is 23.8. The zero-order valence-electron chi connectivity index (χ0n) is 18.7. The van der Waals surface area contributed by atoms with Gasteiger partial charge < -0.3 is 10.7 Å². The number of fused-ring (bicyclic) bond motifs is 1. The van der Waals surface area contributed by atoms with Crippen molar-refractivity contribution < 1.29 is 13.2 Å². The van der Waals surface area contributed by atoms with Crippen LogP contribution in [-0.2, 0) is 27.6 Å². The number of H-pyrrole nitrogens is 1. The first-order valence-corrected chi connectivity index (χ1v) is 13.9. The normalized spacial score (nSPS) is 16.7. The Morgan fingerprint density at radius 1 is 1.16 bits per heavy atom. The van der Waals surface area contributed by atoms with Crippen LogP contribution in [0.2, 0.25) is 0 Å². The van der Waals surface area contributed by atoms with Crippen LogP contribution < -0.4 is 5.73 Å². The highest BCUT2D eigenvalue weighted by atomic mass is 32.2. The van der Waals surface area contributed by atoms with Gasteiger partial charge in [-0.2, -0.15) is 0 Å². The fourth-order valence-electron chi connectivity index (χ4n) is 4.64. The molecule has 1 aliphatic rings. The largest absolute Gasteiger partial charge is 0.369 e. The predicted molar refractivity (Wildman–Crippen MR) is 132 cm³/mol. The molecule has 4 rings (SSSR count). The van der Waals surface area contributed by atoms with Crippen molar-refractivity contribution in [2.75, 3.05) is 24.6 Å². The number of sulfone groups is 1. The molecule has 1 aromatic carbocycles. The number of amides is 1. The van der Waals surface area contributed by atoms with Gasteiger partial charge in [0.05, 0.1) is 17.9 Å². The average Bonchev–Trinajstić information content (AvgIpc) is 3.39. The molecular formula is C24H31N3O3S2. The van der Waals surface area contributed by atoms with Crippen LogP contribution >= 0.6 is 11.3 Å². The SMILES string of the molecule is CCN(CC)Cc1cc(-c2cc(CC(N)=O)c3[nH]cc(C4CCS(=O)(=O)CC4)c3c2)cs1. The van der Waals surface area contributed by atoms with Gasteiger partial charge in [-0.25, -0.2) is 8.42 Å². The molecule has 0 spiro atoms. The number of benzene rings is 1. The summed E-state index contributed by atoms with van der Waals surface area (Å²) in [5.74, 6) is 0.301. The standard InChI is InChI=1S/C24H31N3O3S2/c1-3-27(4-2)14-20-10-19(15-31-20)17-9-18(12-23(25)28)24-21(11-17)22(13-26-24)16-5-7-32(29,30)8-6-16/h9-11,13,15-16,26H,3-8,12,14H2,1-2H3,(H2,25,28). The minimum Gasteiger partial charge on any atom is -0.369 e. The number of carbonyl (C=O) groups is 1. The monoisotopic (exact) mass is 473 g/mol. The van der Waals surface area contributed by atoms with Gasteiger partial charge in [0.25, 0.3) is 0 Å². The first-order valence-electron chi connectivity index (χ1n) is 11.2. The van der Waals surface area contributed by atoms with E-state index in [1.807, 2.05) is 6.20 Å². The van der Waals surface area contributed by atoms with Crippen LogP contribution in [0.1, 0.15) is 48.6 Å². The van der Waals surface area contributed by atoms with Crippen LogP contribution in [0.15, 0.2) is 29.8 Å². The van der Waals surface area contributed by atoms with Gasteiger partial charge in [0.15, 0.2) is 0 Å². The van der Waals surface area contributed by atoms with E-state index < -0.39 is 9.84 Å². The number of hydrogen-bond acceptors (Lipinski definition) is 5. The Hall–Kier alpha value is -2.16. The molecule has 6 nitrogen and oxygen atoms in total. The first kappa shape index (κ1) is 23.0. The van der Waals surface area contributed by atoms with Crippen molar-refractivity contribution in [1.29, 1.82) is 0 Å². The molecule has 3 heterocycles. The zero-order valence-corrected chi connectivity index (χ0v) is 20.3. The maximum Gasteiger partial charge on any atom is 0.221 e. The van der Waals surface area contributed by atoms with Gasteiger partial charge in [-0.3, -0.25) is 9.69 Å². The summed E-state index contributed by atoms with van der Waals surface area (Å²) in [6, 6.07) is 6.47. The number of rotatable bonds is 8. The average molecular weight is 474 g/mol. The fourth-order valence-corrected chi connectivity index (χ4v) is 7.07. The van der Waals surface area contributed by atoms with Crippen molar-refractivity contribution in [3.05, 3.63) is 45.8 Å². The lowest BCUT2D eigenvalue weighted by molar-refractivity contribution is -0.117. The summed E-state index contributed by atoms with van der Waals surface area (Å²) in [6.45, 7) is 7.31. The molecule has 172 valence electrons. The molecule has 0 saturated carbocycles. The smallest absolute Gasteiger partial charge is 0.221 e. The second-order valence-corrected chi connectivity index (χ2v) is 11.9. The highest BCUT2D eigenvalue weighted by Gasteiger charge is 2.27. The molecule has 3 N–H and O–H groups in total. The Morgan fingerprint density at radius 2 is 1.88 bits per heavy atom. The first-order chi connectivity index (χ1) is 15.3. The van der Waals surface area contributed by atoms with Gasteiger partial charge in [0, 0.05) is 28.5 Å². The molecule has 1 aliphatic heterocycles. The van der Waals surface area contributed by atoms with Gasteiger partial charge in [0.2, 0.25) is 5.91 Å². The number of primary amides is 1. The highest BCUT2D eigenvalue weighted by molar-refractivity contribution is 7.91. The lowest BCUT2D eigenvalue weighted by Gasteiger charge is -2.21. The number of nitrogens with zero attached hydrogens (tertiary/aromatic N) is 1. The summed E-state index contributed by atoms with van der Waals surface area (Å²) in [6.07, 6.45) is 3.43. The number of hydrogen-bond donors (Lipinski definition) is 2. The third-order valence-corrected chi connectivity index (χ3v) is 9.16. The molecule has 2 aromatic heterocycles. The Kier molecular flexibility index (Phi) is 6.74. The topological polar surface area (TPSA) is 96.3 Å². The second kappa shape index (κ2) is 9.37. The van der Waals surface area contributed by atoms with E-state index in [9.17, 15) is 13.2 Å². The van der Waals surface area contributed by atoms with Gasteiger partial charge >= 0.3 is 0 Å². The van der Waals surface area contributed by atoms with Gasteiger partial charge in [-0.1, -0.05) is 13.8 Å². The van der Waals surface area contributed by atoms with E-state index in [4.69, 9.17) is 5.73 Å². The lowest BCUT2D eigenvalue weighted by Crippen LogP contribution is -2.22. The number of aromatic amines is 1. The molecule has 3 aromatic rings. The number of nitrogens with two attached hydrogens (primary N) is 1. The van der Waals surface area contributed by atoms with Crippen LogP contribution in [0.4, 0.5) is 0 Å². The molecular weight excluding hydrogens is 442 g/mol. The van der Waals surface area contributed by atoms with Crippen LogP contribution in [0.25, 0.3) is 22.0 Å². The van der Waals surface area contributed by atoms with Crippen molar-refractivity contribution in [2.45, 2.75) is 45.6 Å². The summed E-state index contributed by atoms with van der Waals surface area (Å²) in [5, 5.41) is 3.24. The number of carbonyl (C=O) groups excluding carboxylic acids is 1. The number of nitrogens with one attached hydrogen (secondary N) is 1. The Labute approximate surface area is 193 Å². The van der Waals surface area contributed by atoms with Crippen LogP contribution in [-0.4, -0.2) is 48.8 Å². The van der Waals surface area contributed by atoms with E-state index in [0.717, 1.165) is 52.8 Å². The molecule has 8 heteroatoms. The third-order valence-electron chi connectivity index (χ3n) is 6.52. The van der Waals surface area contributed by atoms with Crippen molar-refractivity contribution in [3.8, 4) is 11.1 Å². The molecule has 1 fully saturated rings. The van der Waals surface area contributed by atoms with Crippen molar-refractivity contribution in [3.63, 3.8) is 0 Å². The molecule has 0 radical (unpaired) electrons. The second-order valence-electron chi connectivity index (χ2n) is 8.63. The Morgan fingerprint density at radius 3 is 2.53 bits per heavy atom. The Bertz CT molecular complexity index is 1210. The molecule has 1 saturated heterocycles. The zero-order chi connectivity index (χ0) is 22.9. The molecule has 0 bridgehead atoms. The van der Waals surface area contributed by atoms with E-state index in [0.29, 0.717) is 12.8 Å². The quantitative estimate of drug-likeness (QED) is 0.516. The van der Waals surface area contributed by atoms with E-state index in [1.165, 1.54) is 4.88 Å². The molecule has 0 atom stereocenters. The van der Waals surface area contributed by atoms with E-state index >= 15 is 0 Å². The maximum atomic E-state index is 11.9. The summed E-state index contributed by atoms with van der Waals surface area (Å²) in [5.41, 5.74) is 10.7. The highest BCUT2D eigenvalue weighted by Crippen LogP contribution is 2.38.